The lowest BCUT2D eigenvalue weighted by atomic mass is 9.99. The van der Waals surface area contributed by atoms with Crippen LogP contribution in [0.1, 0.15) is 23.4 Å². The number of aromatic nitrogens is 4. The predicted octanol–water partition coefficient (Wildman–Crippen LogP) is 1.71. The highest BCUT2D eigenvalue weighted by Crippen LogP contribution is 2.27. The van der Waals surface area contributed by atoms with Crippen LogP contribution in [0.2, 0.25) is 0 Å². The number of hydrogen-bond acceptors (Lipinski definition) is 8. The number of fused-ring (bicyclic) bond motifs is 3. The molecular formula is C25H28N8O3. The molecule has 4 aromatic rings. The number of hydrazine groups is 1. The topological polar surface area (TPSA) is 111 Å². The number of nitrogens with two attached hydrogens (primary N) is 1. The standard InChI is InChI=1S/C25H28N8O3/c1-29-25(34)31(14-13-30-11-9-18(10-12-30)17-5-7-19(35-2)8-6-17)24-28-23-22(33(24)29)21(27-16-32(23)26)20-4-3-15-36-20/h3-9,15H,10-14,16,26H2,1-2H3. The van der Waals surface area contributed by atoms with Gasteiger partial charge in [0, 0.05) is 33.2 Å². The maximum atomic E-state index is 13.2. The predicted molar refractivity (Wildman–Crippen MR) is 136 cm³/mol. The van der Waals surface area contributed by atoms with E-state index in [4.69, 9.17) is 20.0 Å². The summed E-state index contributed by atoms with van der Waals surface area (Å²) in [5.41, 5.74) is 3.70. The van der Waals surface area contributed by atoms with Crippen molar-refractivity contribution in [3.63, 3.8) is 0 Å². The van der Waals surface area contributed by atoms with E-state index in [-0.39, 0.29) is 12.4 Å². The smallest absolute Gasteiger partial charge is 0.345 e. The molecule has 2 aliphatic rings. The van der Waals surface area contributed by atoms with E-state index in [9.17, 15) is 4.79 Å². The number of hydrogen-bond donors (Lipinski definition) is 1. The average Bonchev–Trinajstić information content (AvgIpc) is 3.63. The van der Waals surface area contributed by atoms with E-state index in [1.807, 2.05) is 24.3 Å². The highest BCUT2D eigenvalue weighted by molar-refractivity contribution is 6.14. The van der Waals surface area contributed by atoms with Gasteiger partial charge in [-0.3, -0.25) is 19.5 Å². The first-order chi connectivity index (χ1) is 17.5. The number of aliphatic imine (C=N–C) groups is 1. The van der Waals surface area contributed by atoms with E-state index in [0.717, 1.165) is 31.8 Å². The van der Waals surface area contributed by atoms with Crippen molar-refractivity contribution in [1.82, 2.24) is 23.6 Å². The minimum absolute atomic E-state index is 0.139. The minimum atomic E-state index is -0.139. The van der Waals surface area contributed by atoms with Gasteiger partial charge in [0.05, 0.1) is 13.4 Å². The van der Waals surface area contributed by atoms with Gasteiger partial charge in [0.15, 0.2) is 11.6 Å². The number of methoxy groups -OCH3 is 1. The van der Waals surface area contributed by atoms with Crippen LogP contribution in [0.5, 0.6) is 5.75 Å². The number of anilines is 1. The van der Waals surface area contributed by atoms with E-state index in [1.54, 1.807) is 34.2 Å². The number of aryl methyl sites for hydroxylation is 1. The molecule has 0 amide bonds. The molecule has 0 unspecified atom stereocenters. The van der Waals surface area contributed by atoms with Crippen LogP contribution in [0, 0.1) is 0 Å². The Bertz CT molecular complexity index is 1520. The fourth-order valence-electron chi connectivity index (χ4n) is 4.92. The normalized spacial score (nSPS) is 16.2. The van der Waals surface area contributed by atoms with Crippen molar-refractivity contribution in [1.29, 1.82) is 0 Å². The van der Waals surface area contributed by atoms with Gasteiger partial charge in [-0.2, -0.15) is 4.98 Å². The van der Waals surface area contributed by atoms with Crippen molar-refractivity contribution in [2.45, 2.75) is 13.0 Å². The highest BCUT2D eigenvalue weighted by Gasteiger charge is 2.31. The Morgan fingerprint density at radius 3 is 2.69 bits per heavy atom. The molecule has 0 saturated heterocycles. The van der Waals surface area contributed by atoms with E-state index < -0.39 is 0 Å². The van der Waals surface area contributed by atoms with Crippen LogP contribution in [0.4, 0.5) is 5.82 Å². The van der Waals surface area contributed by atoms with Crippen molar-refractivity contribution in [2.75, 3.05) is 38.4 Å². The lowest BCUT2D eigenvalue weighted by Gasteiger charge is -2.26. The van der Waals surface area contributed by atoms with E-state index >= 15 is 0 Å². The average molecular weight is 489 g/mol. The summed E-state index contributed by atoms with van der Waals surface area (Å²) in [5.74, 6) is 8.77. The summed E-state index contributed by atoms with van der Waals surface area (Å²) in [6.07, 6.45) is 4.82. The quantitative estimate of drug-likeness (QED) is 0.411. The summed E-state index contributed by atoms with van der Waals surface area (Å²) in [6.45, 7) is 3.26. The van der Waals surface area contributed by atoms with Gasteiger partial charge >= 0.3 is 5.69 Å². The van der Waals surface area contributed by atoms with Gasteiger partial charge in [-0.05, 0) is 41.8 Å². The van der Waals surface area contributed by atoms with Gasteiger partial charge in [-0.25, -0.2) is 19.8 Å². The zero-order valence-electron chi connectivity index (χ0n) is 20.3. The molecule has 0 spiro atoms. The van der Waals surface area contributed by atoms with Crippen LogP contribution in [0.15, 0.2) is 62.9 Å². The van der Waals surface area contributed by atoms with Gasteiger partial charge in [0.2, 0.25) is 5.78 Å². The molecule has 0 saturated carbocycles. The molecule has 186 valence electrons. The number of rotatable bonds is 6. The largest absolute Gasteiger partial charge is 0.497 e. The summed E-state index contributed by atoms with van der Waals surface area (Å²) in [4.78, 5) is 24.9. The molecule has 6 rings (SSSR count). The summed E-state index contributed by atoms with van der Waals surface area (Å²) in [6, 6.07) is 11.8. The van der Waals surface area contributed by atoms with E-state index in [0.29, 0.717) is 35.3 Å². The Labute approximate surface area is 207 Å². The Balaban J connectivity index is 1.24. The lowest BCUT2D eigenvalue weighted by Crippen LogP contribution is -2.37. The minimum Gasteiger partial charge on any atom is -0.497 e. The van der Waals surface area contributed by atoms with Crippen LogP contribution < -0.4 is 21.3 Å². The number of benzene rings is 1. The fourth-order valence-corrected chi connectivity index (χ4v) is 4.92. The molecule has 2 aliphatic heterocycles. The van der Waals surface area contributed by atoms with Crippen molar-refractivity contribution in [3.05, 3.63) is 76.2 Å². The van der Waals surface area contributed by atoms with Crippen molar-refractivity contribution >= 4 is 22.9 Å². The monoisotopic (exact) mass is 488 g/mol. The summed E-state index contributed by atoms with van der Waals surface area (Å²) in [5, 5.41) is 1.49. The molecule has 2 N–H and O–H groups in total. The summed E-state index contributed by atoms with van der Waals surface area (Å²) < 4.78 is 15.9. The van der Waals surface area contributed by atoms with Crippen molar-refractivity contribution < 1.29 is 9.15 Å². The maximum absolute atomic E-state index is 13.2. The second-order valence-corrected chi connectivity index (χ2v) is 8.96. The van der Waals surface area contributed by atoms with Crippen LogP contribution in [-0.4, -0.2) is 62.8 Å². The molecule has 0 fully saturated rings. The van der Waals surface area contributed by atoms with Crippen molar-refractivity contribution in [3.8, 4) is 5.75 Å². The molecule has 5 heterocycles. The Morgan fingerprint density at radius 2 is 2.00 bits per heavy atom. The van der Waals surface area contributed by atoms with Crippen molar-refractivity contribution in [2.24, 2.45) is 17.9 Å². The molecule has 0 aliphatic carbocycles. The molecule has 0 bridgehead atoms. The molecule has 1 aromatic carbocycles. The number of ether oxygens (including phenoxy) is 1. The van der Waals surface area contributed by atoms with E-state index in [1.165, 1.54) is 16.1 Å². The summed E-state index contributed by atoms with van der Waals surface area (Å²) >= 11 is 0. The zero-order valence-corrected chi connectivity index (χ0v) is 20.3. The number of imidazole rings is 1. The van der Waals surface area contributed by atoms with Crippen LogP contribution in [0.25, 0.3) is 11.4 Å². The second kappa shape index (κ2) is 8.85. The first-order valence-electron chi connectivity index (χ1n) is 11.9. The molecule has 0 radical (unpaired) electrons. The Kier molecular flexibility index (Phi) is 5.50. The molecule has 11 nitrogen and oxygen atoms in total. The first-order valence-corrected chi connectivity index (χ1v) is 11.9. The van der Waals surface area contributed by atoms with E-state index in [2.05, 4.69) is 28.1 Å². The van der Waals surface area contributed by atoms with Crippen LogP contribution in [0.3, 0.4) is 0 Å². The van der Waals surface area contributed by atoms with Gasteiger partial charge in [0.1, 0.15) is 23.8 Å². The third-order valence-corrected chi connectivity index (χ3v) is 6.89. The number of furan rings is 1. The lowest BCUT2D eigenvalue weighted by molar-refractivity contribution is 0.288. The van der Waals surface area contributed by atoms with Crippen LogP contribution >= 0.6 is 0 Å². The molecule has 3 aromatic heterocycles. The highest BCUT2D eigenvalue weighted by atomic mass is 16.5. The molecular weight excluding hydrogens is 460 g/mol. The third kappa shape index (κ3) is 3.64. The molecule has 36 heavy (non-hydrogen) atoms. The maximum Gasteiger partial charge on any atom is 0.345 e. The van der Waals surface area contributed by atoms with Gasteiger partial charge < -0.3 is 9.15 Å². The number of nitrogens with zero attached hydrogens (tertiary/aromatic N) is 7. The van der Waals surface area contributed by atoms with Gasteiger partial charge in [0.25, 0.3) is 0 Å². The molecule has 11 heteroatoms. The Morgan fingerprint density at radius 1 is 1.17 bits per heavy atom. The first kappa shape index (κ1) is 22.4. The third-order valence-electron chi connectivity index (χ3n) is 6.89. The Hall–Kier alpha value is -4.09. The van der Waals surface area contributed by atoms with Gasteiger partial charge in [-0.15, -0.1) is 0 Å². The summed E-state index contributed by atoms with van der Waals surface area (Å²) in [7, 11) is 3.41. The SMILES string of the molecule is COc1ccc(C2=CCN(CCn3c(=O)n(C)n4c5c(nc34)N(N)CN=C5c3ccco3)CC2)cc1. The fraction of sp³-hybridized carbons (Fsp3) is 0.320. The van der Waals surface area contributed by atoms with Crippen LogP contribution in [-0.2, 0) is 13.6 Å². The molecule has 0 atom stereocenters. The van der Waals surface area contributed by atoms with Gasteiger partial charge in [-0.1, -0.05) is 18.2 Å². The zero-order chi connectivity index (χ0) is 24.8. The second-order valence-electron chi connectivity index (χ2n) is 8.96.